The fraction of sp³-hybridized carbons (Fsp3) is 0.467. The summed E-state index contributed by atoms with van der Waals surface area (Å²) < 4.78 is 0. The van der Waals surface area contributed by atoms with Gasteiger partial charge >= 0.3 is 0 Å². The molecule has 2 rings (SSSR count). The first-order valence-electron chi connectivity index (χ1n) is 6.81. The minimum Gasteiger partial charge on any atom is -0.369 e. The summed E-state index contributed by atoms with van der Waals surface area (Å²) in [5.74, 6) is -0.240. The molecule has 0 aromatic heterocycles. The molecule has 0 spiro atoms. The summed E-state index contributed by atoms with van der Waals surface area (Å²) in [6.45, 7) is 2.28. The van der Waals surface area contributed by atoms with Crippen LogP contribution in [-0.2, 0) is 22.6 Å². The quantitative estimate of drug-likeness (QED) is 0.844. The first-order chi connectivity index (χ1) is 9.47. The molecule has 1 saturated carbocycles. The van der Waals surface area contributed by atoms with E-state index in [1.165, 1.54) is 0 Å². The van der Waals surface area contributed by atoms with Crippen molar-refractivity contribution in [3.8, 4) is 0 Å². The highest BCUT2D eigenvalue weighted by atomic mass is 35.5. The number of rotatable bonds is 6. The van der Waals surface area contributed by atoms with E-state index in [0.717, 1.165) is 24.0 Å². The third kappa shape index (κ3) is 3.31. The number of amides is 2. The van der Waals surface area contributed by atoms with Gasteiger partial charge in [0.15, 0.2) is 0 Å². The van der Waals surface area contributed by atoms with Gasteiger partial charge in [-0.3, -0.25) is 9.59 Å². The lowest BCUT2D eigenvalue weighted by Crippen LogP contribution is -2.26. The van der Waals surface area contributed by atoms with Crippen LogP contribution in [0.15, 0.2) is 18.2 Å². The third-order valence-electron chi connectivity index (χ3n) is 3.83. The van der Waals surface area contributed by atoms with Gasteiger partial charge in [-0.05, 0) is 36.5 Å². The molecule has 5 heteroatoms. The van der Waals surface area contributed by atoms with Crippen molar-refractivity contribution in [2.24, 2.45) is 11.1 Å². The lowest BCUT2D eigenvalue weighted by Gasteiger charge is -2.13. The van der Waals surface area contributed by atoms with Crippen LogP contribution in [0, 0.1) is 5.41 Å². The molecule has 1 aliphatic carbocycles. The summed E-state index contributed by atoms with van der Waals surface area (Å²) in [6, 6.07) is 5.63. The van der Waals surface area contributed by atoms with Crippen LogP contribution < -0.4 is 11.1 Å². The average molecular weight is 295 g/mol. The Hall–Kier alpha value is -1.55. The first kappa shape index (κ1) is 14.9. The van der Waals surface area contributed by atoms with Crippen LogP contribution >= 0.6 is 11.6 Å². The number of primary amides is 1. The Morgan fingerprint density at radius 1 is 1.40 bits per heavy atom. The van der Waals surface area contributed by atoms with Gasteiger partial charge in [0.25, 0.3) is 0 Å². The molecular weight excluding hydrogens is 276 g/mol. The maximum Gasteiger partial charge on any atom is 0.223 e. The van der Waals surface area contributed by atoms with E-state index in [4.69, 9.17) is 17.3 Å². The predicted octanol–water partition coefficient (Wildman–Crippen LogP) is 2.17. The van der Waals surface area contributed by atoms with E-state index in [0.29, 0.717) is 24.4 Å². The van der Waals surface area contributed by atoms with E-state index in [9.17, 15) is 9.59 Å². The minimum atomic E-state index is -0.408. The van der Waals surface area contributed by atoms with E-state index < -0.39 is 5.41 Å². The largest absolute Gasteiger partial charge is 0.369 e. The van der Waals surface area contributed by atoms with Crippen molar-refractivity contribution in [2.45, 2.75) is 39.2 Å². The van der Waals surface area contributed by atoms with Crippen molar-refractivity contribution < 1.29 is 9.59 Å². The number of benzene rings is 1. The maximum absolute atomic E-state index is 11.5. The molecule has 0 heterocycles. The van der Waals surface area contributed by atoms with Crippen molar-refractivity contribution in [3.63, 3.8) is 0 Å². The van der Waals surface area contributed by atoms with E-state index in [2.05, 4.69) is 5.32 Å². The predicted molar refractivity (Wildman–Crippen MR) is 78.2 cm³/mol. The minimum absolute atomic E-state index is 0.0114. The summed E-state index contributed by atoms with van der Waals surface area (Å²) in [5, 5.41) is 3.46. The number of hydrogen-bond acceptors (Lipinski definition) is 2. The highest BCUT2D eigenvalue weighted by molar-refractivity contribution is 6.31. The normalized spacial score (nSPS) is 15.7. The second kappa shape index (κ2) is 5.83. The van der Waals surface area contributed by atoms with Crippen molar-refractivity contribution in [1.29, 1.82) is 0 Å². The number of hydrogen-bond donors (Lipinski definition) is 2. The molecule has 2 amide bonds. The van der Waals surface area contributed by atoms with E-state index in [1.54, 1.807) is 6.07 Å². The van der Waals surface area contributed by atoms with Gasteiger partial charge in [0.1, 0.15) is 0 Å². The monoisotopic (exact) mass is 294 g/mol. The summed E-state index contributed by atoms with van der Waals surface area (Å²) in [6.07, 6.45) is 2.70. The van der Waals surface area contributed by atoms with Crippen molar-refractivity contribution >= 4 is 23.4 Å². The van der Waals surface area contributed by atoms with Gasteiger partial charge in [-0.2, -0.15) is 0 Å². The van der Waals surface area contributed by atoms with Gasteiger partial charge < -0.3 is 11.1 Å². The lowest BCUT2D eigenvalue weighted by molar-refractivity contribution is -0.123. The number of carbonyl (C=O) groups excluding carboxylic acids is 2. The zero-order valence-corrected chi connectivity index (χ0v) is 12.3. The van der Waals surface area contributed by atoms with E-state index in [-0.39, 0.29) is 11.8 Å². The number of halogens is 1. The van der Waals surface area contributed by atoms with Gasteiger partial charge in [-0.15, -0.1) is 0 Å². The van der Waals surface area contributed by atoms with Crippen LogP contribution in [0.3, 0.4) is 0 Å². The van der Waals surface area contributed by atoms with Gasteiger partial charge in [-0.25, -0.2) is 0 Å². The maximum atomic E-state index is 11.5. The third-order valence-corrected chi connectivity index (χ3v) is 4.19. The van der Waals surface area contributed by atoms with Crippen LogP contribution in [0.4, 0.5) is 0 Å². The molecule has 1 aromatic rings. The molecule has 108 valence electrons. The molecule has 1 aromatic carbocycles. The van der Waals surface area contributed by atoms with Gasteiger partial charge in [-0.1, -0.05) is 30.7 Å². The summed E-state index contributed by atoms with van der Waals surface area (Å²) in [7, 11) is 0. The van der Waals surface area contributed by atoms with Crippen LogP contribution in [-0.4, -0.2) is 11.8 Å². The van der Waals surface area contributed by atoms with Gasteiger partial charge in [0.05, 0.1) is 5.41 Å². The molecule has 0 atom stereocenters. The molecule has 0 radical (unpaired) electrons. The van der Waals surface area contributed by atoms with Gasteiger partial charge in [0, 0.05) is 18.0 Å². The highest BCUT2D eigenvalue weighted by Crippen LogP contribution is 2.48. The Bertz CT molecular complexity index is 539. The first-order valence-corrected chi connectivity index (χ1v) is 7.18. The van der Waals surface area contributed by atoms with Crippen LogP contribution in [0.2, 0.25) is 5.02 Å². The van der Waals surface area contributed by atoms with Crippen molar-refractivity contribution in [1.82, 2.24) is 5.32 Å². The van der Waals surface area contributed by atoms with Crippen LogP contribution in [0.5, 0.6) is 0 Å². The smallest absolute Gasteiger partial charge is 0.223 e. The van der Waals surface area contributed by atoms with Crippen molar-refractivity contribution in [3.05, 3.63) is 34.3 Å². The summed E-state index contributed by atoms with van der Waals surface area (Å²) >= 11 is 6.19. The van der Waals surface area contributed by atoms with E-state index >= 15 is 0 Å². The van der Waals surface area contributed by atoms with Crippen molar-refractivity contribution in [2.75, 3.05) is 0 Å². The Labute approximate surface area is 123 Å². The fourth-order valence-electron chi connectivity index (χ4n) is 2.22. The zero-order valence-electron chi connectivity index (χ0n) is 11.5. The molecule has 0 saturated heterocycles. The molecule has 0 unspecified atom stereocenters. The summed E-state index contributed by atoms with van der Waals surface area (Å²) in [5.41, 5.74) is 6.94. The second-order valence-electron chi connectivity index (χ2n) is 5.38. The topological polar surface area (TPSA) is 72.2 Å². The fourth-order valence-corrected chi connectivity index (χ4v) is 2.41. The molecule has 3 N–H and O–H groups in total. The van der Waals surface area contributed by atoms with Crippen LogP contribution in [0.25, 0.3) is 0 Å². The second-order valence-corrected chi connectivity index (χ2v) is 5.78. The lowest BCUT2D eigenvalue weighted by atomic mass is 9.94. The molecule has 4 nitrogen and oxygen atoms in total. The number of carbonyl (C=O) groups is 2. The molecule has 1 fully saturated rings. The molecule has 1 aliphatic rings. The molecule has 20 heavy (non-hydrogen) atoms. The molecular formula is C15H19ClN2O2. The zero-order chi connectivity index (χ0) is 14.8. The van der Waals surface area contributed by atoms with Gasteiger partial charge in [0.2, 0.25) is 11.8 Å². The SMILES string of the molecule is CCC(=O)NCc1ccc(Cl)c(CC2(C(N)=O)CC2)c1. The Balaban J connectivity index is 2.09. The molecule has 0 bridgehead atoms. The number of nitrogens with two attached hydrogens (primary N) is 1. The van der Waals surface area contributed by atoms with E-state index in [1.807, 2.05) is 19.1 Å². The Morgan fingerprint density at radius 2 is 2.10 bits per heavy atom. The standard InChI is InChI=1S/C15H19ClN2O2/c1-2-13(19)18-9-10-3-4-12(16)11(7-10)8-15(5-6-15)14(17)20/h3-4,7H,2,5-6,8-9H2,1H3,(H2,17,20)(H,18,19). The van der Waals surface area contributed by atoms with Crippen LogP contribution in [0.1, 0.15) is 37.3 Å². The average Bonchev–Trinajstić information content (AvgIpc) is 3.20. The Morgan fingerprint density at radius 3 is 2.65 bits per heavy atom. The molecule has 0 aliphatic heterocycles. The summed E-state index contributed by atoms with van der Waals surface area (Å²) in [4.78, 5) is 22.7. The highest BCUT2D eigenvalue weighted by Gasteiger charge is 2.48. The number of nitrogens with one attached hydrogen (secondary N) is 1. The Kier molecular flexibility index (Phi) is 4.33.